The maximum absolute atomic E-state index is 8.96. The van der Waals surface area contributed by atoms with Crippen molar-refractivity contribution < 1.29 is 9.84 Å². The van der Waals surface area contributed by atoms with Gasteiger partial charge in [-0.15, -0.1) is 0 Å². The Morgan fingerprint density at radius 1 is 1.42 bits per heavy atom. The minimum absolute atomic E-state index is 0.208. The van der Waals surface area contributed by atoms with Crippen LogP contribution in [0.15, 0.2) is 18.2 Å². The van der Waals surface area contributed by atoms with E-state index in [1.54, 1.807) is 13.2 Å². The Morgan fingerprint density at radius 2 is 2.16 bits per heavy atom. The number of aliphatic hydroxyl groups is 1. The minimum Gasteiger partial charge on any atom is -0.495 e. The number of nitrogens with zero attached hydrogens (tertiary/aromatic N) is 2. The van der Waals surface area contributed by atoms with Crippen molar-refractivity contribution in [2.24, 2.45) is 0 Å². The molecule has 0 spiro atoms. The molecule has 0 aliphatic carbocycles. The highest BCUT2D eigenvalue weighted by atomic mass is 16.5. The lowest BCUT2D eigenvalue weighted by molar-refractivity contribution is 0.184. The molecular formula is C15H22N2O2. The molecule has 0 aliphatic rings. The van der Waals surface area contributed by atoms with E-state index in [-0.39, 0.29) is 6.61 Å². The Labute approximate surface area is 115 Å². The van der Waals surface area contributed by atoms with Gasteiger partial charge in [-0.05, 0) is 38.0 Å². The molecule has 1 N–H and O–H groups in total. The maximum atomic E-state index is 8.96. The molecule has 0 amide bonds. The highest BCUT2D eigenvalue weighted by molar-refractivity contribution is 5.45. The average molecular weight is 262 g/mol. The van der Waals surface area contributed by atoms with Crippen molar-refractivity contribution in [3.05, 3.63) is 29.3 Å². The number of rotatable bonds is 7. The quantitative estimate of drug-likeness (QED) is 0.818. The first kappa shape index (κ1) is 15.5. The Hall–Kier alpha value is -1.57. The molecule has 0 heterocycles. The van der Waals surface area contributed by atoms with Crippen molar-refractivity contribution in [1.29, 1.82) is 5.26 Å². The summed E-state index contributed by atoms with van der Waals surface area (Å²) in [7, 11) is 1.58. The zero-order chi connectivity index (χ0) is 14.3. The second kappa shape index (κ2) is 7.78. The van der Waals surface area contributed by atoms with Gasteiger partial charge in [0.25, 0.3) is 0 Å². The van der Waals surface area contributed by atoms with E-state index >= 15 is 0 Å². The zero-order valence-electron chi connectivity index (χ0n) is 11.9. The van der Waals surface area contributed by atoms with Gasteiger partial charge < -0.3 is 9.84 Å². The number of nitriles is 1. The van der Waals surface area contributed by atoms with E-state index in [2.05, 4.69) is 24.8 Å². The minimum atomic E-state index is 0.208. The molecule has 4 nitrogen and oxygen atoms in total. The zero-order valence-corrected chi connectivity index (χ0v) is 11.9. The number of benzene rings is 1. The summed E-state index contributed by atoms with van der Waals surface area (Å²) in [5.74, 6) is 0.617. The molecule has 0 fully saturated rings. The first-order valence-electron chi connectivity index (χ1n) is 6.54. The summed E-state index contributed by atoms with van der Waals surface area (Å²) in [6, 6.07) is 8.18. The Morgan fingerprint density at radius 3 is 2.68 bits per heavy atom. The predicted octanol–water partition coefficient (Wildman–Crippen LogP) is 2.16. The van der Waals surface area contributed by atoms with Crippen molar-refractivity contribution in [2.45, 2.75) is 32.9 Å². The SMILES string of the molecule is COc1cc(CN(CCCO)C(C)C)ccc1C#N. The molecule has 0 saturated heterocycles. The van der Waals surface area contributed by atoms with Crippen molar-refractivity contribution >= 4 is 0 Å². The second-order valence-corrected chi connectivity index (χ2v) is 4.79. The highest BCUT2D eigenvalue weighted by Gasteiger charge is 2.11. The highest BCUT2D eigenvalue weighted by Crippen LogP contribution is 2.20. The van der Waals surface area contributed by atoms with Crippen molar-refractivity contribution in [3.63, 3.8) is 0 Å². The van der Waals surface area contributed by atoms with Crippen molar-refractivity contribution in [1.82, 2.24) is 4.90 Å². The molecule has 1 rings (SSSR count). The molecule has 19 heavy (non-hydrogen) atoms. The van der Waals surface area contributed by atoms with E-state index in [0.29, 0.717) is 17.4 Å². The van der Waals surface area contributed by atoms with Gasteiger partial charge in [0.1, 0.15) is 11.8 Å². The molecule has 0 saturated carbocycles. The molecule has 0 aromatic heterocycles. The third-order valence-corrected chi connectivity index (χ3v) is 3.11. The third kappa shape index (κ3) is 4.55. The predicted molar refractivity (Wildman–Crippen MR) is 75.0 cm³/mol. The van der Waals surface area contributed by atoms with Gasteiger partial charge in [0.2, 0.25) is 0 Å². The monoisotopic (exact) mass is 262 g/mol. The van der Waals surface area contributed by atoms with Gasteiger partial charge in [0, 0.05) is 25.7 Å². The molecule has 104 valence electrons. The van der Waals surface area contributed by atoms with Gasteiger partial charge >= 0.3 is 0 Å². The number of methoxy groups -OCH3 is 1. The van der Waals surface area contributed by atoms with Gasteiger partial charge in [0.05, 0.1) is 12.7 Å². The normalized spacial score (nSPS) is 10.8. The molecule has 0 atom stereocenters. The lowest BCUT2D eigenvalue weighted by Gasteiger charge is -2.26. The molecule has 4 heteroatoms. The first-order chi connectivity index (χ1) is 9.12. The molecule has 0 unspecified atom stereocenters. The van der Waals surface area contributed by atoms with Crippen LogP contribution in [0.3, 0.4) is 0 Å². The molecular weight excluding hydrogens is 240 g/mol. The first-order valence-corrected chi connectivity index (χ1v) is 6.54. The van der Waals surface area contributed by atoms with Crippen LogP contribution in [0.2, 0.25) is 0 Å². The fraction of sp³-hybridized carbons (Fsp3) is 0.533. The second-order valence-electron chi connectivity index (χ2n) is 4.79. The van der Waals surface area contributed by atoms with Crippen LogP contribution >= 0.6 is 0 Å². The smallest absolute Gasteiger partial charge is 0.136 e. The van der Waals surface area contributed by atoms with Crippen LogP contribution < -0.4 is 4.74 Å². The molecule has 0 bridgehead atoms. The largest absolute Gasteiger partial charge is 0.495 e. The Bertz CT molecular complexity index is 438. The van der Waals surface area contributed by atoms with E-state index in [9.17, 15) is 0 Å². The summed E-state index contributed by atoms with van der Waals surface area (Å²) < 4.78 is 5.22. The van der Waals surface area contributed by atoms with Crippen LogP contribution in [-0.2, 0) is 6.54 Å². The summed E-state index contributed by atoms with van der Waals surface area (Å²) in [4.78, 5) is 2.29. The van der Waals surface area contributed by atoms with Crippen molar-refractivity contribution in [3.8, 4) is 11.8 Å². The molecule has 0 aliphatic heterocycles. The number of ether oxygens (including phenoxy) is 1. The van der Waals surface area contributed by atoms with Crippen LogP contribution in [0.1, 0.15) is 31.4 Å². The Kier molecular flexibility index (Phi) is 6.34. The average Bonchev–Trinajstić information content (AvgIpc) is 2.42. The lowest BCUT2D eigenvalue weighted by Crippen LogP contribution is -2.31. The molecule has 0 radical (unpaired) electrons. The van der Waals surface area contributed by atoms with Crippen LogP contribution in [0.5, 0.6) is 5.75 Å². The summed E-state index contributed by atoms with van der Waals surface area (Å²) in [5, 5.41) is 17.9. The summed E-state index contributed by atoms with van der Waals surface area (Å²) in [6.07, 6.45) is 0.769. The topological polar surface area (TPSA) is 56.5 Å². The maximum Gasteiger partial charge on any atom is 0.136 e. The van der Waals surface area contributed by atoms with Crippen molar-refractivity contribution in [2.75, 3.05) is 20.3 Å². The molecule has 1 aromatic rings. The fourth-order valence-electron chi connectivity index (χ4n) is 1.95. The van der Waals surface area contributed by atoms with Crippen LogP contribution in [0.4, 0.5) is 0 Å². The molecule has 1 aromatic carbocycles. The fourth-order valence-corrected chi connectivity index (χ4v) is 1.95. The summed E-state index contributed by atoms with van der Waals surface area (Å²) in [6.45, 7) is 6.13. The summed E-state index contributed by atoms with van der Waals surface area (Å²) >= 11 is 0. The third-order valence-electron chi connectivity index (χ3n) is 3.11. The van der Waals surface area contributed by atoms with E-state index in [0.717, 1.165) is 25.1 Å². The lowest BCUT2D eigenvalue weighted by atomic mass is 10.1. The van der Waals surface area contributed by atoms with Gasteiger partial charge in [-0.25, -0.2) is 0 Å². The van der Waals surface area contributed by atoms with E-state index in [1.165, 1.54) is 0 Å². The van der Waals surface area contributed by atoms with Crippen LogP contribution in [0, 0.1) is 11.3 Å². The number of aliphatic hydroxyl groups excluding tert-OH is 1. The van der Waals surface area contributed by atoms with Gasteiger partial charge in [-0.1, -0.05) is 6.07 Å². The Balaban J connectivity index is 2.82. The van der Waals surface area contributed by atoms with E-state index < -0.39 is 0 Å². The number of hydrogen-bond donors (Lipinski definition) is 1. The van der Waals surface area contributed by atoms with E-state index in [4.69, 9.17) is 15.1 Å². The van der Waals surface area contributed by atoms with Gasteiger partial charge in [0.15, 0.2) is 0 Å². The van der Waals surface area contributed by atoms with Gasteiger partial charge in [-0.2, -0.15) is 5.26 Å². The van der Waals surface area contributed by atoms with Crippen LogP contribution in [0.25, 0.3) is 0 Å². The van der Waals surface area contributed by atoms with Crippen LogP contribution in [-0.4, -0.2) is 36.3 Å². The summed E-state index contributed by atoms with van der Waals surface area (Å²) in [5.41, 5.74) is 1.67. The van der Waals surface area contributed by atoms with E-state index in [1.807, 2.05) is 12.1 Å². The standard InChI is InChI=1S/C15H22N2O2/c1-12(2)17(7-4-8-18)11-13-5-6-14(10-16)15(9-13)19-3/h5-6,9,12,18H,4,7-8,11H2,1-3H3. The van der Waals surface area contributed by atoms with Gasteiger partial charge in [-0.3, -0.25) is 4.90 Å². The number of hydrogen-bond acceptors (Lipinski definition) is 4.